The van der Waals surface area contributed by atoms with Crippen LogP contribution in [0.5, 0.6) is 0 Å². The van der Waals surface area contributed by atoms with Crippen molar-refractivity contribution in [2.75, 3.05) is 18.6 Å². The number of hydrogen-bond acceptors (Lipinski definition) is 7. The molecule has 1 atom stereocenters. The van der Waals surface area contributed by atoms with Crippen molar-refractivity contribution in [2.24, 2.45) is 0 Å². The van der Waals surface area contributed by atoms with E-state index >= 15 is 0 Å². The number of hydrogen-bond donors (Lipinski definition) is 0. The molecule has 0 aliphatic carbocycles. The molecule has 1 rings (SSSR count). The van der Waals surface area contributed by atoms with Gasteiger partial charge >= 0.3 is 12.1 Å². The monoisotopic (exact) mass is 389 g/mol. The number of halogens is 3. The van der Waals surface area contributed by atoms with Crippen molar-refractivity contribution in [1.82, 2.24) is 0 Å². The third-order valence-corrected chi connectivity index (χ3v) is 5.05. The van der Waals surface area contributed by atoms with Gasteiger partial charge in [-0.05, 0) is 12.1 Å². The van der Waals surface area contributed by atoms with Gasteiger partial charge in [-0.3, -0.25) is 19.1 Å². The number of nitrogens with zero attached hydrogens (tertiary/aromatic N) is 1. The smallest absolute Gasteiger partial charge is 0.422 e. The van der Waals surface area contributed by atoms with Crippen molar-refractivity contribution in [3.8, 4) is 0 Å². The largest absolute Gasteiger partial charge is 0.455 e. The van der Waals surface area contributed by atoms with E-state index in [-0.39, 0.29) is 4.90 Å². The predicted molar refractivity (Wildman–Crippen MR) is 74.5 cm³/mol. The van der Waals surface area contributed by atoms with Crippen LogP contribution in [0.2, 0.25) is 0 Å². The first kappa shape index (κ1) is 20.0. The number of sulfone groups is 1. The number of carbonyl (C=O) groups excluding carboxylic acids is 1. The Labute approximate surface area is 136 Å². The van der Waals surface area contributed by atoms with Gasteiger partial charge in [-0.1, -0.05) is 0 Å². The van der Waals surface area contributed by atoms with Crippen LogP contribution >= 0.6 is 0 Å². The first-order valence-corrected chi connectivity index (χ1v) is 9.11. The second-order valence-corrected chi connectivity index (χ2v) is 7.71. The molecule has 1 aromatic rings. The Bertz CT molecular complexity index is 789. The van der Waals surface area contributed by atoms with E-state index in [9.17, 15) is 40.7 Å². The first-order valence-electron chi connectivity index (χ1n) is 5.90. The highest BCUT2D eigenvalue weighted by Crippen LogP contribution is 2.27. The maximum Gasteiger partial charge on any atom is 0.422 e. The molecule has 0 spiro atoms. The van der Waals surface area contributed by atoms with Gasteiger partial charge in [-0.25, -0.2) is 8.42 Å². The lowest BCUT2D eigenvalue weighted by molar-refractivity contribution is -0.388. The van der Waals surface area contributed by atoms with Crippen molar-refractivity contribution in [3.63, 3.8) is 0 Å². The summed E-state index contributed by atoms with van der Waals surface area (Å²) in [6.45, 7) is -1.97. The number of ether oxygens (including phenoxy) is 1. The van der Waals surface area contributed by atoms with E-state index in [0.717, 1.165) is 18.2 Å². The molecular formula is C11H10F3NO7S2. The number of nitro benzene ring substituents is 1. The Morgan fingerprint density at radius 3 is 2.42 bits per heavy atom. The molecule has 0 aliphatic heterocycles. The van der Waals surface area contributed by atoms with Gasteiger partial charge in [-0.2, -0.15) is 13.2 Å². The normalized spacial score (nSPS) is 13.3. The Kier molecular flexibility index (Phi) is 6.05. The number of nitro groups is 1. The number of esters is 1. The average molecular weight is 389 g/mol. The fourth-order valence-electron chi connectivity index (χ4n) is 1.52. The number of rotatable bonds is 6. The summed E-state index contributed by atoms with van der Waals surface area (Å²) < 4.78 is 74.8. The molecular weight excluding hydrogens is 379 g/mol. The molecule has 0 N–H and O–H groups in total. The first-order chi connectivity index (χ1) is 10.8. The molecule has 0 saturated carbocycles. The molecule has 0 heterocycles. The van der Waals surface area contributed by atoms with Crippen LogP contribution in [-0.2, 0) is 30.2 Å². The molecule has 1 unspecified atom stereocenters. The fraction of sp³-hybridized carbons (Fsp3) is 0.364. The van der Waals surface area contributed by atoms with Crippen LogP contribution in [0.15, 0.2) is 28.0 Å². The number of alkyl halides is 3. The van der Waals surface area contributed by atoms with Crippen molar-refractivity contribution >= 4 is 32.3 Å². The summed E-state index contributed by atoms with van der Waals surface area (Å²) in [6.07, 6.45) is -3.63. The van der Waals surface area contributed by atoms with Gasteiger partial charge in [-0.15, -0.1) is 0 Å². The van der Waals surface area contributed by atoms with Crippen molar-refractivity contribution in [2.45, 2.75) is 16.0 Å². The minimum Gasteiger partial charge on any atom is -0.455 e. The third kappa shape index (κ3) is 5.56. The molecule has 13 heteroatoms. The number of benzene rings is 1. The predicted octanol–water partition coefficient (Wildman–Crippen LogP) is 1.21. The minimum absolute atomic E-state index is 0.0275. The third-order valence-electron chi connectivity index (χ3n) is 2.50. The topological polar surface area (TPSA) is 121 Å². The van der Waals surface area contributed by atoms with Gasteiger partial charge in [0.05, 0.1) is 15.7 Å². The fourth-order valence-corrected chi connectivity index (χ4v) is 3.33. The quantitative estimate of drug-likeness (QED) is 0.407. The van der Waals surface area contributed by atoms with Gasteiger partial charge in [0.15, 0.2) is 22.2 Å². The van der Waals surface area contributed by atoms with E-state index < -0.39 is 60.6 Å². The molecule has 0 bridgehead atoms. The molecule has 1 aromatic carbocycles. The second kappa shape index (κ2) is 7.25. The molecule has 8 nitrogen and oxygen atoms in total. The summed E-state index contributed by atoms with van der Waals surface area (Å²) in [7, 11) is -6.26. The van der Waals surface area contributed by atoms with Gasteiger partial charge in [0.2, 0.25) is 0 Å². The van der Waals surface area contributed by atoms with E-state index in [0.29, 0.717) is 0 Å². The summed E-state index contributed by atoms with van der Waals surface area (Å²) in [5.74, 6) is -3.21. The summed E-state index contributed by atoms with van der Waals surface area (Å²) in [5.41, 5.74) is -0.939. The SMILES string of the molecule is CS(=O)c1ccc(S(=O)(=O)CC(=O)OCC(F)(F)F)c([N+](=O)[O-])c1. The van der Waals surface area contributed by atoms with Gasteiger partial charge in [0, 0.05) is 17.2 Å². The Hall–Kier alpha value is -2.02. The van der Waals surface area contributed by atoms with Crippen LogP contribution in [0.25, 0.3) is 0 Å². The van der Waals surface area contributed by atoms with Crippen LogP contribution in [0.3, 0.4) is 0 Å². The molecule has 0 aromatic heterocycles. The number of carbonyl (C=O) groups is 1. The van der Waals surface area contributed by atoms with Gasteiger partial charge in [0.25, 0.3) is 5.69 Å². The summed E-state index contributed by atoms with van der Waals surface area (Å²) in [4.78, 5) is 20.2. The van der Waals surface area contributed by atoms with E-state index in [4.69, 9.17) is 0 Å². The highest BCUT2D eigenvalue weighted by Gasteiger charge is 2.33. The maximum atomic E-state index is 12.0. The summed E-state index contributed by atoms with van der Waals surface area (Å²) in [6, 6.07) is 2.56. The van der Waals surface area contributed by atoms with Crippen LogP contribution < -0.4 is 0 Å². The second-order valence-electron chi connectivity index (χ2n) is 4.38. The summed E-state index contributed by atoms with van der Waals surface area (Å²) >= 11 is 0. The van der Waals surface area contributed by atoms with Crippen molar-refractivity contribution in [3.05, 3.63) is 28.3 Å². The molecule has 0 amide bonds. The van der Waals surface area contributed by atoms with Crippen LogP contribution in [0.1, 0.15) is 0 Å². The molecule has 24 heavy (non-hydrogen) atoms. The van der Waals surface area contributed by atoms with Crippen LogP contribution in [0.4, 0.5) is 18.9 Å². The zero-order chi connectivity index (χ0) is 18.7. The van der Waals surface area contributed by atoms with Gasteiger partial charge < -0.3 is 4.74 Å². The van der Waals surface area contributed by atoms with Crippen LogP contribution in [0, 0.1) is 10.1 Å². The summed E-state index contributed by atoms with van der Waals surface area (Å²) in [5, 5.41) is 11.0. The molecule has 0 fully saturated rings. The van der Waals surface area contributed by atoms with E-state index in [1.165, 1.54) is 6.26 Å². The zero-order valence-corrected chi connectivity index (χ0v) is 13.5. The highest BCUT2D eigenvalue weighted by molar-refractivity contribution is 7.92. The highest BCUT2D eigenvalue weighted by atomic mass is 32.2. The lowest BCUT2D eigenvalue weighted by Gasteiger charge is -2.09. The maximum absolute atomic E-state index is 12.0. The molecule has 134 valence electrons. The van der Waals surface area contributed by atoms with Crippen molar-refractivity contribution < 1.29 is 40.3 Å². The van der Waals surface area contributed by atoms with Gasteiger partial charge in [0.1, 0.15) is 4.90 Å². The lowest BCUT2D eigenvalue weighted by Crippen LogP contribution is -2.25. The molecule has 0 aliphatic rings. The standard InChI is InChI=1S/C11H10F3NO7S2/c1-23(19)7-2-3-9(8(4-7)15(17)18)24(20,21)5-10(16)22-6-11(12,13)14/h2-4H,5-6H2,1H3. The lowest BCUT2D eigenvalue weighted by atomic mass is 10.3. The van der Waals surface area contributed by atoms with E-state index in [2.05, 4.69) is 4.74 Å². The zero-order valence-electron chi connectivity index (χ0n) is 11.9. The van der Waals surface area contributed by atoms with E-state index in [1.807, 2.05) is 0 Å². The van der Waals surface area contributed by atoms with E-state index in [1.54, 1.807) is 0 Å². The molecule has 0 radical (unpaired) electrons. The molecule has 0 saturated heterocycles. The Morgan fingerprint density at radius 1 is 1.38 bits per heavy atom. The Balaban J connectivity index is 3.12. The minimum atomic E-state index is -4.84. The van der Waals surface area contributed by atoms with Crippen molar-refractivity contribution in [1.29, 1.82) is 0 Å². The average Bonchev–Trinajstić information content (AvgIpc) is 2.43. The van der Waals surface area contributed by atoms with Crippen LogP contribution in [-0.4, -0.2) is 48.3 Å². The Morgan fingerprint density at radius 2 is 1.96 bits per heavy atom.